The van der Waals surface area contributed by atoms with Crippen LogP contribution in [0.25, 0.3) is 0 Å². The summed E-state index contributed by atoms with van der Waals surface area (Å²) in [7, 11) is 0. The van der Waals surface area contributed by atoms with Crippen LogP contribution >= 0.6 is 27.5 Å². The van der Waals surface area contributed by atoms with E-state index >= 15 is 0 Å². The van der Waals surface area contributed by atoms with E-state index in [9.17, 15) is 9.59 Å². The number of alkyl halides is 1. The molecule has 4 nitrogen and oxygen atoms in total. The molecule has 1 aromatic rings. The van der Waals surface area contributed by atoms with E-state index in [4.69, 9.17) is 16.3 Å². The largest absolute Gasteiger partial charge is 0.444 e. The molecule has 1 aromatic carbocycles. The number of hydrogen-bond donors (Lipinski definition) is 1. The lowest BCUT2D eigenvalue weighted by Gasteiger charge is -2.19. The molecular weight excluding hydrogens is 370 g/mol. The summed E-state index contributed by atoms with van der Waals surface area (Å²) in [4.78, 5) is 21.6. The van der Waals surface area contributed by atoms with E-state index < -0.39 is 11.7 Å². The molecule has 0 bridgehead atoms. The predicted molar refractivity (Wildman–Crippen MR) is 95.6 cm³/mol. The second-order valence-electron chi connectivity index (χ2n) is 5.32. The lowest BCUT2D eigenvalue weighted by Crippen LogP contribution is -2.35. The smallest absolute Gasteiger partial charge is 0.408 e. The Hall–Kier alpha value is -1.07. The fourth-order valence-corrected chi connectivity index (χ4v) is 1.42. The first kappa shape index (κ1) is 23.2. The topological polar surface area (TPSA) is 55.4 Å². The number of Topliss-reactive ketones (excluding diaryl/α,β-unsaturated/α-hetero) is 1. The normalized spacial score (nSPS) is 9.73. The molecule has 1 N–H and O–H groups in total. The van der Waals surface area contributed by atoms with Crippen LogP contribution in [0, 0.1) is 6.92 Å². The summed E-state index contributed by atoms with van der Waals surface area (Å²) in [6.45, 7) is 7.23. The van der Waals surface area contributed by atoms with E-state index in [1.807, 2.05) is 12.1 Å². The summed E-state index contributed by atoms with van der Waals surface area (Å²) < 4.78 is 6.03. The van der Waals surface area contributed by atoms with Crippen molar-refractivity contribution in [2.24, 2.45) is 0 Å². The first-order valence-corrected chi connectivity index (χ1v) is 7.73. The molecule has 126 valence electrons. The van der Waals surface area contributed by atoms with Crippen molar-refractivity contribution in [2.75, 3.05) is 12.4 Å². The van der Waals surface area contributed by atoms with E-state index in [1.54, 1.807) is 20.8 Å². The molecule has 0 fully saturated rings. The number of carbonyl (C=O) groups excluding carboxylic acids is 2. The van der Waals surface area contributed by atoms with E-state index in [2.05, 4.69) is 40.3 Å². The lowest BCUT2D eigenvalue weighted by atomic mass is 10.2. The highest BCUT2D eigenvalue weighted by molar-refractivity contribution is 9.10. The summed E-state index contributed by atoms with van der Waals surface area (Å²) in [5.74, 6) is -0.344. The van der Waals surface area contributed by atoms with Crippen molar-refractivity contribution >= 4 is 39.4 Å². The number of ketones is 1. The zero-order valence-electron chi connectivity index (χ0n) is 12.7. The van der Waals surface area contributed by atoms with Crippen molar-refractivity contribution in [3.05, 3.63) is 34.3 Å². The number of ether oxygens (including phenoxy) is 1. The van der Waals surface area contributed by atoms with Gasteiger partial charge in [0.25, 0.3) is 0 Å². The molecule has 0 spiro atoms. The summed E-state index contributed by atoms with van der Waals surface area (Å²) >= 11 is 8.57. The number of amides is 1. The maximum absolute atomic E-state index is 11.0. The van der Waals surface area contributed by atoms with Gasteiger partial charge in [-0.3, -0.25) is 4.79 Å². The Morgan fingerprint density at radius 3 is 2.09 bits per heavy atom. The first-order chi connectivity index (χ1) is 9.64. The maximum atomic E-state index is 11.0. The Morgan fingerprint density at radius 2 is 1.73 bits per heavy atom. The van der Waals surface area contributed by atoms with Crippen LogP contribution in [0.15, 0.2) is 28.7 Å². The average Bonchev–Trinajstić information content (AvgIpc) is 2.38. The third-order valence-electron chi connectivity index (χ3n) is 1.99. The van der Waals surface area contributed by atoms with Crippen molar-refractivity contribution < 1.29 is 14.3 Å². The van der Waals surface area contributed by atoms with Gasteiger partial charge in [0, 0.05) is 4.47 Å². The van der Waals surface area contributed by atoms with Crippen LogP contribution in [0.2, 0.25) is 0 Å². The molecule has 22 heavy (non-hydrogen) atoms. The Morgan fingerprint density at radius 1 is 1.23 bits per heavy atom. The van der Waals surface area contributed by atoms with Gasteiger partial charge in [0.15, 0.2) is 5.78 Å². The number of carbonyl (C=O) groups is 2. The predicted octanol–water partition coefficient (Wildman–Crippen LogP) is 4.71. The third-order valence-corrected chi connectivity index (χ3v) is 2.82. The minimum Gasteiger partial charge on any atom is -0.444 e. The number of rotatable bonds is 3. The molecule has 0 aliphatic heterocycles. The minimum atomic E-state index is -0.606. The van der Waals surface area contributed by atoms with E-state index in [1.165, 1.54) is 5.56 Å². The highest BCUT2D eigenvalue weighted by Crippen LogP contribution is 2.08. The molecular formula is C16H25BrClNO3. The molecule has 6 heteroatoms. The molecule has 0 unspecified atom stereocenters. The monoisotopic (exact) mass is 393 g/mol. The molecule has 0 radical (unpaired) electrons. The van der Waals surface area contributed by atoms with Crippen molar-refractivity contribution in [3.8, 4) is 0 Å². The molecule has 0 saturated carbocycles. The standard InChI is InChI=1S/C8H14ClNO3.C7H7Br.CH4/c1-8(2,3)13-7(12)10-5-6(11)4-9;1-6-2-4-7(8)5-3-6;/h4-5H2,1-3H3,(H,10,12);2-5H,1H3;1H4. The fraction of sp³-hybridized carbons (Fsp3) is 0.500. The zero-order valence-corrected chi connectivity index (χ0v) is 15.0. The van der Waals surface area contributed by atoms with Crippen LogP contribution in [0.4, 0.5) is 4.79 Å². The van der Waals surface area contributed by atoms with Crippen LogP contribution in [0.5, 0.6) is 0 Å². The van der Waals surface area contributed by atoms with Gasteiger partial charge in [-0.1, -0.05) is 41.1 Å². The number of aryl methyl sites for hydroxylation is 1. The molecule has 1 amide bonds. The Balaban J connectivity index is 0. The highest BCUT2D eigenvalue weighted by atomic mass is 79.9. The van der Waals surface area contributed by atoms with Gasteiger partial charge in [0.2, 0.25) is 0 Å². The number of alkyl carbamates (subject to hydrolysis) is 1. The van der Waals surface area contributed by atoms with Gasteiger partial charge in [-0.15, -0.1) is 11.6 Å². The number of hydrogen-bond acceptors (Lipinski definition) is 3. The first-order valence-electron chi connectivity index (χ1n) is 6.40. The van der Waals surface area contributed by atoms with Crippen molar-refractivity contribution in [2.45, 2.75) is 40.7 Å². The molecule has 0 saturated heterocycles. The van der Waals surface area contributed by atoms with Gasteiger partial charge in [0.05, 0.1) is 12.4 Å². The molecule has 0 atom stereocenters. The van der Waals surface area contributed by atoms with Gasteiger partial charge < -0.3 is 10.1 Å². The van der Waals surface area contributed by atoms with Gasteiger partial charge in [0.1, 0.15) is 5.60 Å². The summed E-state index contributed by atoms with van der Waals surface area (Å²) in [5.41, 5.74) is 0.752. The van der Waals surface area contributed by atoms with E-state index in [-0.39, 0.29) is 25.6 Å². The number of nitrogens with one attached hydrogen (secondary N) is 1. The van der Waals surface area contributed by atoms with E-state index in [0.717, 1.165) is 4.47 Å². The molecule has 0 aliphatic rings. The van der Waals surface area contributed by atoms with Crippen LogP contribution in [0.1, 0.15) is 33.8 Å². The summed E-state index contributed by atoms with van der Waals surface area (Å²) in [6.07, 6.45) is -0.606. The number of halogens is 2. The summed E-state index contributed by atoms with van der Waals surface area (Å²) in [5, 5.41) is 2.29. The van der Waals surface area contributed by atoms with E-state index in [0.29, 0.717) is 0 Å². The van der Waals surface area contributed by atoms with Gasteiger partial charge >= 0.3 is 6.09 Å². The quantitative estimate of drug-likeness (QED) is 0.755. The Kier molecular flexibility index (Phi) is 12.1. The third kappa shape index (κ3) is 13.9. The second-order valence-corrected chi connectivity index (χ2v) is 6.51. The number of benzene rings is 1. The van der Waals surface area contributed by atoms with Gasteiger partial charge in [-0.2, -0.15) is 0 Å². The Labute approximate surface area is 146 Å². The van der Waals surface area contributed by atoms with Crippen LogP contribution in [-0.2, 0) is 9.53 Å². The van der Waals surface area contributed by atoms with Crippen molar-refractivity contribution in [3.63, 3.8) is 0 Å². The summed E-state index contributed by atoms with van der Waals surface area (Å²) in [6, 6.07) is 8.22. The highest BCUT2D eigenvalue weighted by Gasteiger charge is 2.16. The molecule has 0 aliphatic carbocycles. The zero-order chi connectivity index (χ0) is 16.5. The van der Waals surface area contributed by atoms with Crippen molar-refractivity contribution in [1.29, 1.82) is 0 Å². The molecule has 0 heterocycles. The van der Waals surface area contributed by atoms with Gasteiger partial charge in [-0.25, -0.2) is 4.79 Å². The maximum Gasteiger partial charge on any atom is 0.408 e. The minimum absolute atomic E-state index is 0. The second kappa shape index (κ2) is 11.5. The SMILES string of the molecule is C.CC(C)(C)OC(=O)NCC(=O)CCl.Cc1ccc(Br)cc1. The van der Waals surface area contributed by atoms with Crippen LogP contribution in [0.3, 0.4) is 0 Å². The lowest BCUT2D eigenvalue weighted by molar-refractivity contribution is -0.115. The van der Waals surface area contributed by atoms with Gasteiger partial charge in [-0.05, 0) is 39.8 Å². The Bertz CT molecular complexity index is 434. The van der Waals surface area contributed by atoms with Crippen LogP contribution < -0.4 is 5.32 Å². The average molecular weight is 395 g/mol. The molecule has 0 aromatic heterocycles. The van der Waals surface area contributed by atoms with Crippen molar-refractivity contribution in [1.82, 2.24) is 5.32 Å². The van der Waals surface area contributed by atoms with Crippen LogP contribution in [-0.4, -0.2) is 29.9 Å². The molecule has 1 rings (SSSR count). The fourth-order valence-electron chi connectivity index (χ4n) is 1.07.